The van der Waals surface area contributed by atoms with Crippen molar-refractivity contribution in [3.8, 4) is 11.5 Å². The van der Waals surface area contributed by atoms with Crippen LogP contribution >= 0.6 is 23.5 Å². The van der Waals surface area contributed by atoms with Gasteiger partial charge in [0, 0.05) is 21.3 Å². The summed E-state index contributed by atoms with van der Waals surface area (Å²) in [4.78, 5) is 6.27. The van der Waals surface area contributed by atoms with Crippen molar-refractivity contribution in [3.05, 3.63) is 90.5 Å². The average Bonchev–Trinajstić information content (AvgIpc) is 3.19. The summed E-state index contributed by atoms with van der Waals surface area (Å²) in [5.41, 5.74) is 3.12. The molecule has 0 aliphatic carbocycles. The summed E-state index contributed by atoms with van der Waals surface area (Å²) in [6.07, 6.45) is 0. The van der Waals surface area contributed by atoms with Gasteiger partial charge in [0.1, 0.15) is 5.69 Å². The van der Waals surface area contributed by atoms with Gasteiger partial charge in [0.2, 0.25) is 0 Å². The van der Waals surface area contributed by atoms with Crippen molar-refractivity contribution in [1.29, 1.82) is 0 Å². The summed E-state index contributed by atoms with van der Waals surface area (Å²) < 4.78 is 2.31. The molecule has 0 saturated carbocycles. The van der Waals surface area contributed by atoms with Gasteiger partial charge in [-0.05, 0) is 23.8 Å². The molecule has 0 N–H and O–H groups in total. The number of hydrogen-bond donors (Lipinski definition) is 0. The van der Waals surface area contributed by atoms with Crippen molar-refractivity contribution in [2.45, 2.75) is 21.3 Å². The Morgan fingerprint density at radius 3 is 2.40 bits per heavy atom. The zero-order valence-electron chi connectivity index (χ0n) is 16.1. The Bertz CT molecular complexity index is 1290. The lowest BCUT2D eigenvalue weighted by molar-refractivity contribution is 0.494. The van der Waals surface area contributed by atoms with Gasteiger partial charge in [-0.3, -0.25) is 4.57 Å². The fraction of sp³-hybridized carbons (Fsp3) is 0.125. The molecule has 0 bridgehead atoms. The molecule has 0 unspecified atom stereocenters. The average molecular weight is 427 g/mol. The minimum atomic E-state index is 0.134. The molecule has 4 nitrogen and oxygen atoms in total. The van der Waals surface area contributed by atoms with Crippen LogP contribution in [0.5, 0.6) is 0 Å². The molecule has 3 aliphatic rings. The molecule has 3 aromatic rings. The molecule has 3 heterocycles. The number of fused-ring (bicyclic) bond motifs is 5. The van der Waals surface area contributed by atoms with E-state index >= 15 is 0 Å². The largest absolute Gasteiger partial charge is 0.293 e. The van der Waals surface area contributed by atoms with Crippen molar-refractivity contribution in [3.63, 3.8) is 0 Å². The summed E-state index contributed by atoms with van der Waals surface area (Å²) in [6.45, 7) is 0. The molecule has 0 radical (unpaired) electrons. The first-order valence-electron chi connectivity index (χ1n) is 9.91. The molecule has 0 aromatic heterocycles. The van der Waals surface area contributed by atoms with Gasteiger partial charge in [-0.25, -0.2) is 4.98 Å². The van der Waals surface area contributed by atoms with Gasteiger partial charge >= 0.3 is 0 Å². The fourth-order valence-corrected chi connectivity index (χ4v) is 6.59. The lowest BCUT2D eigenvalue weighted by Crippen LogP contribution is -2.32. The second-order valence-electron chi connectivity index (χ2n) is 7.29. The smallest absolute Gasteiger partial charge is 0.192 e. The maximum atomic E-state index is 4.98. The second-order valence-corrected chi connectivity index (χ2v) is 9.59. The lowest BCUT2D eigenvalue weighted by atomic mass is 10.0. The van der Waals surface area contributed by atoms with Crippen molar-refractivity contribution >= 4 is 34.4 Å². The minimum absolute atomic E-state index is 0.134. The second kappa shape index (κ2) is 7.45. The third-order valence-electron chi connectivity index (χ3n) is 5.45. The minimum Gasteiger partial charge on any atom is -0.293 e. The van der Waals surface area contributed by atoms with Gasteiger partial charge in [-0.1, -0.05) is 78.5 Å². The van der Waals surface area contributed by atoms with Crippen LogP contribution in [0.2, 0.25) is 0 Å². The van der Waals surface area contributed by atoms with Crippen LogP contribution in [-0.4, -0.2) is 30.8 Å². The maximum Gasteiger partial charge on any atom is 0.192 e. The number of nitrogens with zero attached hydrogens (tertiary/aromatic N) is 4. The van der Waals surface area contributed by atoms with E-state index in [1.165, 1.54) is 10.5 Å². The number of hydrogen-bond acceptors (Lipinski definition) is 5. The standard InChI is InChI=1S/C24H18N4S2/c1-3-9-16(10-4-1)22-20(30-17-11-5-2-6-12-17)15-29-24-27-26-21-18-13-7-8-14-19(18)25-23(21)28(22)24/h1-14,20,22H,15H2/t20-,22+/m0/s1. The lowest BCUT2D eigenvalue weighted by Gasteiger charge is -2.35. The molecule has 0 saturated heterocycles. The molecule has 2 atom stereocenters. The highest BCUT2D eigenvalue weighted by atomic mass is 32.2. The maximum absolute atomic E-state index is 4.98. The number of rotatable bonds is 3. The van der Waals surface area contributed by atoms with Crippen molar-refractivity contribution in [2.75, 3.05) is 5.75 Å². The van der Waals surface area contributed by atoms with E-state index in [0.29, 0.717) is 5.25 Å². The summed E-state index contributed by atoms with van der Waals surface area (Å²) in [6, 6.07) is 29.7. The van der Waals surface area contributed by atoms with Gasteiger partial charge in [0.15, 0.2) is 11.0 Å². The molecule has 6 rings (SSSR count). The van der Waals surface area contributed by atoms with Crippen molar-refractivity contribution in [1.82, 2.24) is 19.7 Å². The van der Waals surface area contributed by atoms with Crippen LogP contribution in [0.3, 0.4) is 0 Å². The van der Waals surface area contributed by atoms with Crippen LogP contribution in [0.15, 0.2) is 95.0 Å². The van der Waals surface area contributed by atoms with Crippen LogP contribution in [-0.2, 0) is 0 Å². The number of para-hydroxylation sites is 1. The molecule has 0 spiro atoms. The Balaban J connectivity index is 1.55. The van der Waals surface area contributed by atoms with E-state index in [0.717, 1.165) is 33.3 Å². The van der Waals surface area contributed by atoms with E-state index in [9.17, 15) is 0 Å². The molecular weight excluding hydrogens is 408 g/mol. The third-order valence-corrected chi connectivity index (χ3v) is 7.99. The quantitative estimate of drug-likeness (QED) is 0.365. The van der Waals surface area contributed by atoms with E-state index in [4.69, 9.17) is 4.98 Å². The van der Waals surface area contributed by atoms with Gasteiger partial charge in [-0.15, -0.1) is 22.0 Å². The molecular formula is C24H18N4S2. The van der Waals surface area contributed by atoms with Crippen molar-refractivity contribution in [2.24, 2.45) is 0 Å². The summed E-state index contributed by atoms with van der Waals surface area (Å²) in [7, 11) is 0. The van der Waals surface area contributed by atoms with Gasteiger partial charge in [0.25, 0.3) is 0 Å². The summed E-state index contributed by atoms with van der Waals surface area (Å²) in [5, 5.41) is 11.5. The van der Waals surface area contributed by atoms with Crippen LogP contribution in [0.25, 0.3) is 22.4 Å². The molecule has 3 aliphatic heterocycles. The summed E-state index contributed by atoms with van der Waals surface area (Å²) in [5.74, 6) is 1.89. The molecule has 0 amide bonds. The topological polar surface area (TPSA) is 43.6 Å². The SMILES string of the molecule is c1ccc(S[C@H]2CSc3nnc4c5ccccc5nc-4n3[C@@H]2c2ccccc2)cc1. The fourth-order valence-electron chi connectivity index (χ4n) is 4.11. The highest BCUT2D eigenvalue weighted by Crippen LogP contribution is 2.45. The summed E-state index contributed by atoms with van der Waals surface area (Å²) >= 11 is 3.70. The van der Waals surface area contributed by atoms with Gasteiger partial charge < -0.3 is 0 Å². The Morgan fingerprint density at radius 2 is 1.57 bits per heavy atom. The first-order chi connectivity index (χ1) is 14.9. The van der Waals surface area contributed by atoms with Crippen LogP contribution < -0.4 is 0 Å². The van der Waals surface area contributed by atoms with E-state index in [2.05, 4.69) is 81.5 Å². The van der Waals surface area contributed by atoms with E-state index in [1.807, 2.05) is 30.0 Å². The molecule has 146 valence electrons. The molecule has 3 aromatic carbocycles. The number of thioether (sulfide) groups is 2. The normalized spacial score (nSPS) is 18.5. The predicted molar refractivity (Wildman–Crippen MR) is 123 cm³/mol. The number of benzene rings is 3. The van der Waals surface area contributed by atoms with E-state index < -0.39 is 0 Å². The van der Waals surface area contributed by atoms with Crippen LogP contribution in [0.4, 0.5) is 0 Å². The number of aromatic nitrogens is 4. The van der Waals surface area contributed by atoms with Crippen molar-refractivity contribution < 1.29 is 0 Å². The third kappa shape index (κ3) is 2.99. The highest BCUT2D eigenvalue weighted by molar-refractivity contribution is 8.03. The predicted octanol–water partition coefficient (Wildman–Crippen LogP) is 5.79. The Labute approximate surface area is 183 Å². The Hall–Kier alpha value is -2.83. The highest BCUT2D eigenvalue weighted by Gasteiger charge is 2.36. The Kier molecular flexibility index (Phi) is 4.47. The van der Waals surface area contributed by atoms with E-state index in [-0.39, 0.29) is 6.04 Å². The van der Waals surface area contributed by atoms with Gasteiger partial charge in [-0.2, -0.15) is 0 Å². The molecule has 30 heavy (non-hydrogen) atoms. The first-order valence-corrected chi connectivity index (χ1v) is 11.8. The van der Waals surface area contributed by atoms with Crippen LogP contribution in [0, 0.1) is 0 Å². The zero-order chi connectivity index (χ0) is 19.9. The first kappa shape index (κ1) is 18.0. The van der Waals surface area contributed by atoms with E-state index in [1.54, 1.807) is 11.8 Å². The molecule has 6 heteroatoms. The zero-order valence-corrected chi connectivity index (χ0v) is 17.7. The molecule has 0 fully saturated rings. The van der Waals surface area contributed by atoms with Gasteiger partial charge in [0.05, 0.1) is 11.6 Å². The Morgan fingerprint density at radius 1 is 0.833 bits per heavy atom. The monoisotopic (exact) mass is 426 g/mol. The van der Waals surface area contributed by atoms with Crippen LogP contribution in [0.1, 0.15) is 11.6 Å².